The van der Waals surface area contributed by atoms with Crippen molar-refractivity contribution in [3.8, 4) is 5.75 Å². The molecule has 1 saturated carbocycles. The van der Waals surface area contributed by atoms with Crippen molar-refractivity contribution in [2.75, 3.05) is 44.6 Å². The summed E-state index contributed by atoms with van der Waals surface area (Å²) in [6, 6.07) is 8.66. The Bertz CT molecular complexity index is 1370. The SMILES string of the molecule is C[C@H]1CCCCO[C@@H](CN(C)CC2CCCCC2)[C@@H](C)CN([C@@H](C)CO)C(=O)c2cc(NS(=O)(=O)c3ccc(F)cc3)ccc2O1. The Morgan fingerprint density at radius 2 is 1.72 bits per heavy atom. The van der Waals surface area contributed by atoms with Crippen LogP contribution in [0.5, 0.6) is 5.75 Å². The first-order valence-corrected chi connectivity index (χ1v) is 18.3. The van der Waals surface area contributed by atoms with Gasteiger partial charge in [0.05, 0.1) is 35.3 Å². The van der Waals surface area contributed by atoms with Crippen LogP contribution in [-0.2, 0) is 14.8 Å². The fourth-order valence-electron chi connectivity index (χ4n) is 6.47. The topological polar surface area (TPSA) is 108 Å². The van der Waals surface area contributed by atoms with Crippen molar-refractivity contribution in [3.63, 3.8) is 0 Å². The predicted octanol–water partition coefficient (Wildman–Crippen LogP) is 5.93. The molecule has 11 heteroatoms. The summed E-state index contributed by atoms with van der Waals surface area (Å²) in [5.74, 6) is 0.0933. The summed E-state index contributed by atoms with van der Waals surface area (Å²) in [6.07, 6.45) is 8.68. The summed E-state index contributed by atoms with van der Waals surface area (Å²) in [4.78, 5) is 18.2. The van der Waals surface area contributed by atoms with Gasteiger partial charge >= 0.3 is 0 Å². The minimum atomic E-state index is -4.05. The summed E-state index contributed by atoms with van der Waals surface area (Å²) in [6.45, 7) is 8.32. The van der Waals surface area contributed by atoms with Crippen molar-refractivity contribution < 1.29 is 32.2 Å². The lowest BCUT2D eigenvalue weighted by atomic mass is 9.89. The van der Waals surface area contributed by atoms with Gasteiger partial charge in [0.1, 0.15) is 11.6 Å². The zero-order valence-corrected chi connectivity index (χ0v) is 28.6. The van der Waals surface area contributed by atoms with E-state index in [-0.39, 0.29) is 46.8 Å². The summed E-state index contributed by atoms with van der Waals surface area (Å²) < 4.78 is 54.9. The van der Waals surface area contributed by atoms with E-state index in [0.29, 0.717) is 24.8 Å². The van der Waals surface area contributed by atoms with Crippen LogP contribution in [0.4, 0.5) is 10.1 Å². The molecule has 2 N–H and O–H groups in total. The molecule has 46 heavy (non-hydrogen) atoms. The van der Waals surface area contributed by atoms with Gasteiger partial charge in [-0.2, -0.15) is 0 Å². The number of benzene rings is 2. The fraction of sp³-hybridized carbons (Fsp3) is 0.629. The Hall–Kier alpha value is -2.73. The molecule has 1 fully saturated rings. The smallest absolute Gasteiger partial charge is 0.261 e. The maximum absolute atomic E-state index is 14.3. The van der Waals surface area contributed by atoms with E-state index in [1.54, 1.807) is 24.0 Å². The van der Waals surface area contributed by atoms with Gasteiger partial charge in [0.15, 0.2) is 0 Å². The molecule has 0 aromatic heterocycles. The Balaban J connectivity index is 1.62. The molecular weight excluding hydrogens is 609 g/mol. The van der Waals surface area contributed by atoms with E-state index in [4.69, 9.17) is 9.47 Å². The van der Waals surface area contributed by atoms with Crippen LogP contribution in [0.2, 0.25) is 0 Å². The maximum atomic E-state index is 14.3. The molecule has 4 rings (SSSR count). The lowest BCUT2D eigenvalue weighted by molar-refractivity contribution is -0.0190. The van der Waals surface area contributed by atoms with Gasteiger partial charge < -0.3 is 24.4 Å². The van der Waals surface area contributed by atoms with E-state index >= 15 is 0 Å². The van der Waals surface area contributed by atoms with E-state index in [9.17, 15) is 22.7 Å². The van der Waals surface area contributed by atoms with Gasteiger partial charge in [0.25, 0.3) is 15.9 Å². The molecule has 2 aromatic carbocycles. The van der Waals surface area contributed by atoms with Crippen LogP contribution in [0.15, 0.2) is 47.4 Å². The number of nitrogens with one attached hydrogen (secondary N) is 1. The van der Waals surface area contributed by atoms with E-state index in [0.717, 1.165) is 44.5 Å². The Kier molecular flexibility index (Phi) is 13.3. The van der Waals surface area contributed by atoms with Gasteiger partial charge in [-0.3, -0.25) is 9.52 Å². The Morgan fingerprint density at radius 3 is 2.41 bits per heavy atom. The first-order valence-electron chi connectivity index (χ1n) is 16.8. The number of aliphatic hydroxyl groups is 1. The quantitative estimate of drug-likeness (QED) is 0.343. The molecule has 2 aromatic rings. The summed E-state index contributed by atoms with van der Waals surface area (Å²) in [5, 5.41) is 10.2. The second kappa shape index (κ2) is 16.9. The third kappa shape index (κ3) is 10.1. The molecule has 1 heterocycles. The molecule has 256 valence electrons. The Labute approximate surface area is 274 Å². The number of halogens is 1. The minimum absolute atomic E-state index is 0.0434. The maximum Gasteiger partial charge on any atom is 0.261 e. The molecule has 1 amide bonds. The molecular formula is C35H52FN3O6S. The van der Waals surface area contributed by atoms with Crippen LogP contribution >= 0.6 is 0 Å². The highest BCUT2D eigenvalue weighted by Gasteiger charge is 2.31. The van der Waals surface area contributed by atoms with Crippen molar-refractivity contribution >= 4 is 21.6 Å². The van der Waals surface area contributed by atoms with Crippen molar-refractivity contribution in [1.82, 2.24) is 9.80 Å². The molecule has 0 radical (unpaired) electrons. The van der Waals surface area contributed by atoms with Crippen molar-refractivity contribution in [3.05, 3.63) is 53.8 Å². The number of hydrogen-bond donors (Lipinski definition) is 2. The Morgan fingerprint density at radius 1 is 1.02 bits per heavy atom. The van der Waals surface area contributed by atoms with Gasteiger partial charge in [0, 0.05) is 37.8 Å². The monoisotopic (exact) mass is 661 g/mol. The van der Waals surface area contributed by atoms with Crippen molar-refractivity contribution in [1.29, 1.82) is 0 Å². The molecule has 0 bridgehead atoms. The first kappa shape index (κ1) is 36.1. The molecule has 1 aliphatic carbocycles. The predicted molar refractivity (Wildman–Crippen MR) is 178 cm³/mol. The molecule has 2 aliphatic rings. The summed E-state index contributed by atoms with van der Waals surface area (Å²) >= 11 is 0. The van der Waals surface area contributed by atoms with E-state index in [1.165, 1.54) is 50.3 Å². The molecule has 0 unspecified atom stereocenters. The van der Waals surface area contributed by atoms with Crippen LogP contribution in [0.25, 0.3) is 0 Å². The summed E-state index contributed by atoms with van der Waals surface area (Å²) in [5.41, 5.74) is 0.367. The molecule has 4 atom stereocenters. The number of ether oxygens (including phenoxy) is 2. The van der Waals surface area contributed by atoms with Crippen molar-refractivity contribution in [2.45, 2.75) is 95.3 Å². The minimum Gasteiger partial charge on any atom is -0.490 e. The van der Waals surface area contributed by atoms with Crippen LogP contribution < -0.4 is 9.46 Å². The van der Waals surface area contributed by atoms with Gasteiger partial charge in [-0.25, -0.2) is 12.8 Å². The van der Waals surface area contributed by atoms with Gasteiger partial charge in [-0.05, 0) is 101 Å². The van der Waals surface area contributed by atoms with E-state index in [1.807, 2.05) is 6.92 Å². The molecule has 1 aliphatic heterocycles. The normalized spacial score (nSPS) is 23.3. The van der Waals surface area contributed by atoms with Crippen molar-refractivity contribution in [2.24, 2.45) is 11.8 Å². The number of anilines is 1. The lowest BCUT2D eigenvalue weighted by Gasteiger charge is -2.36. The number of aliphatic hydroxyl groups excluding tert-OH is 1. The van der Waals surface area contributed by atoms with Gasteiger partial charge in [0.2, 0.25) is 0 Å². The number of amides is 1. The van der Waals surface area contributed by atoms with Gasteiger partial charge in [-0.1, -0.05) is 26.2 Å². The fourth-order valence-corrected chi connectivity index (χ4v) is 7.52. The number of fused-ring (bicyclic) bond motifs is 1. The van der Waals surface area contributed by atoms with Crippen LogP contribution in [-0.4, -0.2) is 87.4 Å². The number of likely N-dealkylation sites (N-methyl/N-ethyl adjacent to an activating group) is 1. The zero-order chi connectivity index (χ0) is 33.3. The molecule has 0 spiro atoms. The van der Waals surface area contributed by atoms with E-state index < -0.39 is 21.9 Å². The third-order valence-corrected chi connectivity index (χ3v) is 10.6. The van der Waals surface area contributed by atoms with Crippen LogP contribution in [0.3, 0.4) is 0 Å². The summed E-state index contributed by atoms with van der Waals surface area (Å²) in [7, 11) is -1.90. The number of nitrogens with zero attached hydrogens (tertiary/aromatic N) is 2. The van der Waals surface area contributed by atoms with Crippen LogP contribution in [0, 0.1) is 17.7 Å². The number of sulfonamides is 1. The third-order valence-electron chi connectivity index (χ3n) is 9.21. The largest absolute Gasteiger partial charge is 0.490 e. The van der Waals surface area contributed by atoms with E-state index in [2.05, 4.69) is 23.6 Å². The van der Waals surface area contributed by atoms with Gasteiger partial charge in [-0.15, -0.1) is 0 Å². The number of hydrogen-bond acceptors (Lipinski definition) is 7. The number of carbonyl (C=O) groups excluding carboxylic acids is 1. The standard InChI is InChI=1S/C35H52FN3O6S/c1-25-21-39(26(2)24-40)35(41)32-20-30(37-46(42,43)31-16-13-29(36)14-17-31)15-18-33(32)45-27(3)10-8-9-19-44-34(25)23-38(4)22-28-11-6-5-7-12-28/h13-18,20,25-28,34,37,40H,5-12,19,21-24H2,1-4H3/t25-,26-,27-,34-/m0/s1. The second-order valence-corrected chi connectivity index (χ2v) is 15.0. The molecule has 0 saturated heterocycles. The number of carbonyl (C=O) groups is 1. The first-order chi connectivity index (χ1) is 22.0. The molecule has 9 nitrogen and oxygen atoms in total. The highest BCUT2D eigenvalue weighted by molar-refractivity contribution is 7.92. The highest BCUT2D eigenvalue weighted by Crippen LogP contribution is 2.30. The van der Waals surface area contributed by atoms with Crippen LogP contribution in [0.1, 0.15) is 82.5 Å². The zero-order valence-electron chi connectivity index (χ0n) is 27.8. The average molecular weight is 662 g/mol. The second-order valence-electron chi connectivity index (χ2n) is 13.3. The number of rotatable bonds is 9. The highest BCUT2D eigenvalue weighted by atomic mass is 32.2. The average Bonchev–Trinajstić information content (AvgIpc) is 3.03. The lowest BCUT2D eigenvalue weighted by Crippen LogP contribution is -2.47.